The maximum atomic E-state index is 13.1. The second-order valence-corrected chi connectivity index (χ2v) is 7.06. The van der Waals surface area contributed by atoms with Crippen LogP contribution in [0.15, 0.2) is 0 Å². The van der Waals surface area contributed by atoms with E-state index in [1.165, 1.54) is 7.11 Å². The van der Waals surface area contributed by atoms with Gasteiger partial charge in [0.25, 0.3) is 0 Å². The van der Waals surface area contributed by atoms with Crippen LogP contribution in [0.3, 0.4) is 0 Å². The van der Waals surface area contributed by atoms with Gasteiger partial charge in [0.1, 0.15) is 5.25 Å². The van der Waals surface area contributed by atoms with Gasteiger partial charge < -0.3 is 4.74 Å². The van der Waals surface area contributed by atoms with Crippen LogP contribution in [0.2, 0.25) is 0 Å². The van der Waals surface area contributed by atoms with Gasteiger partial charge in [-0.05, 0) is 30.9 Å². The zero-order chi connectivity index (χ0) is 19.2. The van der Waals surface area contributed by atoms with Crippen molar-refractivity contribution in [1.82, 2.24) is 0 Å². The number of unbranched alkanes of at least 4 members (excludes halogenated alkanes) is 1. The summed E-state index contributed by atoms with van der Waals surface area (Å²) in [4.78, 5) is 11.5. The summed E-state index contributed by atoms with van der Waals surface area (Å²) in [5.74, 6) is -11.3. The number of esters is 1. The van der Waals surface area contributed by atoms with Gasteiger partial charge in [0, 0.05) is 6.42 Å². The predicted octanol–water partition coefficient (Wildman–Crippen LogP) is 5.31. The molecule has 0 aromatic rings. The van der Waals surface area contributed by atoms with Gasteiger partial charge in [0.15, 0.2) is 0 Å². The molecule has 144 valence electrons. The van der Waals surface area contributed by atoms with E-state index >= 15 is 0 Å². The number of methoxy groups -OCH3 is 1. The third-order valence-electron chi connectivity index (χ3n) is 3.17. The molecule has 0 aliphatic heterocycles. The van der Waals surface area contributed by atoms with Gasteiger partial charge in [-0.15, -0.1) is 11.8 Å². The Balaban J connectivity index is 4.40. The van der Waals surface area contributed by atoms with Crippen LogP contribution in [0.5, 0.6) is 0 Å². The van der Waals surface area contributed by atoms with Crippen LogP contribution in [0, 0.1) is 5.92 Å². The molecule has 0 heterocycles. The number of carbonyl (C=O) groups is 1. The van der Waals surface area contributed by atoms with Crippen LogP contribution in [-0.4, -0.2) is 42.1 Å². The van der Waals surface area contributed by atoms with Crippen molar-refractivity contribution in [2.24, 2.45) is 5.92 Å². The molecule has 0 bridgehead atoms. The molecule has 0 N–H and O–H groups in total. The molecule has 0 aliphatic carbocycles. The summed E-state index contributed by atoms with van der Waals surface area (Å²) in [6.45, 7) is 3.74. The number of halogens is 7. The maximum Gasteiger partial charge on any atom is 0.459 e. The van der Waals surface area contributed by atoms with Crippen LogP contribution in [-0.2, 0) is 9.53 Å². The molecule has 0 aliphatic rings. The summed E-state index contributed by atoms with van der Waals surface area (Å²) >= 11 is 1.12. The second-order valence-electron chi connectivity index (χ2n) is 5.75. The van der Waals surface area contributed by atoms with E-state index in [1.54, 1.807) is 0 Å². The van der Waals surface area contributed by atoms with Crippen LogP contribution < -0.4 is 0 Å². The second kappa shape index (κ2) is 9.15. The van der Waals surface area contributed by atoms with E-state index in [9.17, 15) is 35.5 Å². The van der Waals surface area contributed by atoms with E-state index in [0.29, 0.717) is 6.42 Å². The Hall–Kier alpha value is -0.670. The largest absolute Gasteiger partial charge is 0.468 e. The van der Waals surface area contributed by atoms with Crippen molar-refractivity contribution in [2.75, 3.05) is 12.9 Å². The van der Waals surface area contributed by atoms with Crippen LogP contribution in [0.1, 0.15) is 39.5 Å². The van der Waals surface area contributed by atoms with Gasteiger partial charge >= 0.3 is 24.0 Å². The summed E-state index contributed by atoms with van der Waals surface area (Å²) in [6.07, 6.45) is -7.91. The smallest absolute Gasteiger partial charge is 0.459 e. The number of carbonyl (C=O) groups excluding carboxylic acids is 1. The SMILES string of the molecule is COC(=O)C(CC(C)C)SCCCCC(F)(F)C(F)(F)C(F)(F)F. The molecule has 0 spiro atoms. The minimum atomic E-state index is -6.29. The van der Waals surface area contributed by atoms with Gasteiger partial charge in [-0.1, -0.05) is 13.8 Å². The molecule has 0 aromatic heterocycles. The third kappa shape index (κ3) is 6.68. The van der Waals surface area contributed by atoms with E-state index in [0.717, 1.165) is 11.8 Å². The first-order chi connectivity index (χ1) is 10.8. The average molecular weight is 386 g/mol. The molecule has 0 saturated heterocycles. The van der Waals surface area contributed by atoms with Gasteiger partial charge in [0.05, 0.1) is 7.11 Å². The van der Waals surface area contributed by atoms with Crippen molar-refractivity contribution in [2.45, 2.75) is 62.8 Å². The lowest BCUT2D eigenvalue weighted by atomic mass is 10.0. The van der Waals surface area contributed by atoms with E-state index in [4.69, 9.17) is 0 Å². The van der Waals surface area contributed by atoms with E-state index in [-0.39, 0.29) is 18.1 Å². The molecule has 0 aromatic carbocycles. The van der Waals surface area contributed by atoms with Crippen LogP contribution in [0.25, 0.3) is 0 Å². The molecule has 24 heavy (non-hydrogen) atoms. The first kappa shape index (κ1) is 23.3. The number of ether oxygens (including phenoxy) is 1. The van der Waals surface area contributed by atoms with Crippen LogP contribution in [0.4, 0.5) is 30.7 Å². The summed E-state index contributed by atoms with van der Waals surface area (Å²) in [5.41, 5.74) is 0. The number of rotatable bonds is 10. The third-order valence-corrected chi connectivity index (χ3v) is 4.48. The molecule has 1 atom stereocenters. The molecule has 0 amide bonds. The van der Waals surface area contributed by atoms with E-state index < -0.39 is 42.1 Å². The summed E-state index contributed by atoms with van der Waals surface area (Å²) < 4.78 is 92.1. The van der Waals surface area contributed by atoms with Crippen LogP contribution >= 0.6 is 11.8 Å². The molecule has 10 heteroatoms. The highest BCUT2D eigenvalue weighted by Gasteiger charge is 2.72. The minimum Gasteiger partial charge on any atom is -0.468 e. The summed E-state index contributed by atoms with van der Waals surface area (Å²) in [6, 6.07) is 0. The van der Waals surface area contributed by atoms with Crippen molar-refractivity contribution in [3.63, 3.8) is 0 Å². The fraction of sp³-hybridized carbons (Fsp3) is 0.929. The van der Waals surface area contributed by atoms with Gasteiger partial charge in [-0.3, -0.25) is 4.79 Å². The lowest BCUT2D eigenvalue weighted by Crippen LogP contribution is -2.51. The monoisotopic (exact) mass is 386 g/mol. The molecular weight excluding hydrogens is 365 g/mol. The Morgan fingerprint density at radius 3 is 2.00 bits per heavy atom. The predicted molar refractivity (Wildman–Crippen MR) is 77.5 cm³/mol. The number of thioether (sulfide) groups is 1. The average Bonchev–Trinajstić information content (AvgIpc) is 2.42. The normalized spacial score (nSPS) is 14.8. The van der Waals surface area contributed by atoms with Crippen molar-refractivity contribution in [1.29, 1.82) is 0 Å². The summed E-state index contributed by atoms with van der Waals surface area (Å²) in [7, 11) is 1.20. The zero-order valence-electron chi connectivity index (χ0n) is 13.6. The summed E-state index contributed by atoms with van der Waals surface area (Å²) in [5, 5.41) is -0.521. The molecule has 0 radical (unpaired) electrons. The van der Waals surface area contributed by atoms with Gasteiger partial charge in [0.2, 0.25) is 0 Å². The quantitative estimate of drug-likeness (QED) is 0.289. The fourth-order valence-corrected chi connectivity index (χ4v) is 3.24. The van der Waals surface area contributed by atoms with Gasteiger partial charge in [-0.25, -0.2) is 0 Å². The molecular formula is C14H21F7O2S. The zero-order valence-corrected chi connectivity index (χ0v) is 14.4. The highest BCUT2D eigenvalue weighted by Crippen LogP contribution is 2.48. The molecule has 2 nitrogen and oxygen atoms in total. The van der Waals surface area contributed by atoms with Crippen molar-refractivity contribution in [3.05, 3.63) is 0 Å². The highest BCUT2D eigenvalue weighted by molar-refractivity contribution is 8.00. The minimum absolute atomic E-state index is 0.0141. The van der Waals surface area contributed by atoms with E-state index in [1.807, 2.05) is 13.8 Å². The number of hydrogen-bond donors (Lipinski definition) is 0. The first-order valence-electron chi connectivity index (χ1n) is 7.28. The lowest BCUT2D eigenvalue weighted by Gasteiger charge is -2.28. The topological polar surface area (TPSA) is 26.3 Å². The Labute approximate surface area is 140 Å². The Morgan fingerprint density at radius 2 is 1.58 bits per heavy atom. The lowest BCUT2D eigenvalue weighted by molar-refractivity contribution is -0.355. The fourth-order valence-electron chi connectivity index (χ4n) is 1.83. The Morgan fingerprint density at radius 1 is 1.04 bits per heavy atom. The maximum absolute atomic E-state index is 13.1. The van der Waals surface area contributed by atoms with Gasteiger partial charge in [-0.2, -0.15) is 30.7 Å². The first-order valence-corrected chi connectivity index (χ1v) is 8.33. The molecule has 0 saturated carbocycles. The molecule has 0 rings (SSSR count). The standard InChI is InChI=1S/C14H21F7O2S/c1-9(2)8-10(11(22)23-3)24-7-5-4-6-12(15,16)13(17,18)14(19,20)21/h9-10H,4-8H2,1-3H3. The van der Waals surface area contributed by atoms with E-state index in [2.05, 4.69) is 4.74 Å². The number of hydrogen-bond acceptors (Lipinski definition) is 3. The molecule has 1 unspecified atom stereocenters. The highest BCUT2D eigenvalue weighted by atomic mass is 32.2. The Kier molecular flexibility index (Phi) is 8.89. The Bertz CT molecular complexity index is 397. The number of alkyl halides is 7. The molecule has 0 fully saturated rings. The van der Waals surface area contributed by atoms with Crippen molar-refractivity contribution < 1.29 is 40.3 Å². The van der Waals surface area contributed by atoms with Crippen molar-refractivity contribution in [3.8, 4) is 0 Å². The van der Waals surface area contributed by atoms with Crippen molar-refractivity contribution >= 4 is 17.7 Å².